The van der Waals surface area contributed by atoms with Gasteiger partial charge in [0.15, 0.2) is 11.5 Å². The number of urea groups is 1. The zero-order valence-electron chi connectivity index (χ0n) is 16.4. The number of hydrogen-bond acceptors (Lipinski definition) is 6. The number of nitrogens with one attached hydrogen (secondary N) is 3. The summed E-state index contributed by atoms with van der Waals surface area (Å²) in [5.74, 6) is 1.21. The van der Waals surface area contributed by atoms with Gasteiger partial charge in [0.2, 0.25) is 5.91 Å². The fraction of sp³-hybridized carbons (Fsp3) is 0.300. The molecule has 3 N–H and O–H groups in total. The van der Waals surface area contributed by atoms with E-state index in [1.165, 1.54) is 7.05 Å². The molecule has 8 heteroatoms. The molecule has 0 saturated heterocycles. The Morgan fingerprint density at radius 3 is 2.11 bits per heavy atom. The summed E-state index contributed by atoms with van der Waals surface area (Å²) in [4.78, 5) is 24.2. The van der Waals surface area contributed by atoms with Gasteiger partial charge in [-0.3, -0.25) is 15.4 Å². The highest BCUT2D eigenvalue weighted by molar-refractivity contribution is 5.97. The first-order valence-electron chi connectivity index (χ1n) is 8.63. The lowest BCUT2D eigenvalue weighted by atomic mass is 10.1. The van der Waals surface area contributed by atoms with Crippen LogP contribution in [0.5, 0.6) is 17.2 Å². The van der Waals surface area contributed by atoms with Crippen LogP contribution in [-0.4, -0.2) is 40.3 Å². The van der Waals surface area contributed by atoms with Crippen LogP contribution < -0.4 is 30.2 Å². The van der Waals surface area contributed by atoms with Crippen molar-refractivity contribution < 1.29 is 23.8 Å². The molecule has 0 radical (unpaired) electrons. The van der Waals surface area contributed by atoms with Crippen molar-refractivity contribution in [2.75, 3.05) is 28.4 Å². The van der Waals surface area contributed by atoms with Gasteiger partial charge in [-0.15, -0.1) is 0 Å². The minimum absolute atomic E-state index is 0.296. The number of carbonyl (C=O) groups excluding carboxylic acids is 2. The Morgan fingerprint density at radius 1 is 0.929 bits per heavy atom. The van der Waals surface area contributed by atoms with E-state index in [4.69, 9.17) is 14.2 Å². The Bertz CT molecular complexity index is 811. The average Bonchev–Trinajstić information content (AvgIpc) is 2.73. The number of ether oxygens (including phenoxy) is 3. The van der Waals surface area contributed by atoms with Crippen LogP contribution in [0.1, 0.15) is 17.2 Å². The first kappa shape index (κ1) is 21.0. The van der Waals surface area contributed by atoms with Crippen molar-refractivity contribution in [1.29, 1.82) is 0 Å². The summed E-state index contributed by atoms with van der Waals surface area (Å²) in [5, 5.41) is 7.86. The van der Waals surface area contributed by atoms with Crippen LogP contribution in [0.4, 0.5) is 4.79 Å². The summed E-state index contributed by atoms with van der Waals surface area (Å²) in [6.07, 6.45) is 0. The molecule has 2 aromatic carbocycles. The summed E-state index contributed by atoms with van der Waals surface area (Å²) < 4.78 is 16.1. The van der Waals surface area contributed by atoms with Crippen LogP contribution in [0.15, 0.2) is 42.5 Å². The quantitative estimate of drug-likeness (QED) is 0.641. The maximum Gasteiger partial charge on any atom is 0.321 e. The molecule has 2 aromatic rings. The molecule has 0 unspecified atom stereocenters. The largest absolute Gasteiger partial charge is 0.496 e. The molecule has 28 heavy (non-hydrogen) atoms. The highest BCUT2D eigenvalue weighted by Gasteiger charge is 2.22. The van der Waals surface area contributed by atoms with Gasteiger partial charge in [-0.1, -0.05) is 30.3 Å². The summed E-state index contributed by atoms with van der Waals surface area (Å²) in [7, 11) is 6.09. The molecular formula is C20H25N3O5. The van der Waals surface area contributed by atoms with Gasteiger partial charge in [-0.2, -0.15) is 0 Å². The third-order valence-corrected chi connectivity index (χ3v) is 4.14. The Kier molecular flexibility index (Phi) is 7.65. The number of carbonyl (C=O) groups is 2. The summed E-state index contributed by atoms with van der Waals surface area (Å²) >= 11 is 0. The predicted octanol–water partition coefficient (Wildman–Crippen LogP) is 2.00. The molecule has 0 bridgehead atoms. The molecular weight excluding hydrogens is 362 g/mol. The second-order valence-electron chi connectivity index (χ2n) is 5.81. The normalized spacial score (nSPS) is 11.3. The van der Waals surface area contributed by atoms with E-state index in [1.54, 1.807) is 33.5 Å². The zero-order valence-corrected chi connectivity index (χ0v) is 16.4. The summed E-state index contributed by atoms with van der Waals surface area (Å²) in [6.45, 7) is 0.296. The fourth-order valence-corrected chi connectivity index (χ4v) is 2.70. The number of benzene rings is 2. The molecule has 3 amide bonds. The molecule has 150 valence electrons. The lowest BCUT2D eigenvalue weighted by molar-refractivity contribution is -0.122. The third-order valence-electron chi connectivity index (χ3n) is 4.14. The van der Waals surface area contributed by atoms with Crippen LogP contribution in [0.3, 0.4) is 0 Å². The van der Waals surface area contributed by atoms with E-state index < -0.39 is 18.0 Å². The molecule has 0 heterocycles. The highest BCUT2D eigenvalue weighted by Crippen LogP contribution is 2.34. The predicted molar refractivity (Wildman–Crippen MR) is 105 cm³/mol. The number of methoxy groups -OCH3 is 3. The minimum Gasteiger partial charge on any atom is -0.496 e. The number of rotatable bonds is 8. The lowest BCUT2D eigenvalue weighted by Crippen LogP contribution is -2.44. The highest BCUT2D eigenvalue weighted by atomic mass is 16.5. The number of imide groups is 1. The van der Waals surface area contributed by atoms with Gasteiger partial charge >= 0.3 is 6.03 Å². The van der Waals surface area contributed by atoms with Gasteiger partial charge in [-0.05, 0) is 11.6 Å². The molecule has 0 fully saturated rings. The number of hydrogen-bond donors (Lipinski definition) is 3. The lowest BCUT2D eigenvalue weighted by Gasteiger charge is -2.20. The first-order valence-corrected chi connectivity index (χ1v) is 8.63. The van der Waals surface area contributed by atoms with Crippen molar-refractivity contribution in [3.05, 3.63) is 53.6 Å². The zero-order chi connectivity index (χ0) is 20.5. The van der Waals surface area contributed by atoms with Gasteiger partial charge < -0.3 is 19.5 Å². The van der Waals surface area contributed by atoms with Crippen molar-refractivity contribution in [2.45, 2.75) is 12.6 Å². The maximum absolute atomic E-state index is 12.6. The second-order valence-corrected chi connectivity index (χ2v) is 5.81. The minimum atomic E-state index is -0.740. The molecule has 1 atom stereocenters. The topological polar surface area (TPSA) is 97.9 Å². The first-order chi connectivity index (χ1) is 13.5. The van der Waals surface area contributed by atoms with Gasteiger partial charge in [-0.25, -0.2) is 4.79 Å². The van der Waals surface area contributed by atoms with Crippen molar-refractivity contribution in [2.24, 2.45) is 0 Å². The van der Waals surface area contributed by atoms with Crippen molar-refractivity contribution >= 4 is 11.9 Å². The van der Waals surface area contributed by atoms with Crippen molar-refractivity contribution in [1.82, 2.24) is 16.0 Å². The molecule has 0 aliphatic rings. The van der Waals surface area contributed by atoms with E-state index in [0.29, 0.717) is 23.8 Å². The molecule has 0 saturated carbocycles. The monoisotopic (exact) mass is 387 g/mol. The van der Waals surface area contributed by atoms with Crippen LogP contribution in [-0.2, 0) is 11.3 Å². The number of amides is 3. The Morgan fingerprint density at radius 2 is 1.54 bits per heavy atom. The molecule has 0 spiro atoms. The van der Waals surface area contributed by atoms with E-state index in [-0.39, 0.29) is 0 Å². The van der Waals surface area contributed by atoms with Gasteiger partial charge in [0, 0.05) is 25.2 Å². The summed E-state index contributed by atoms with van der Waals surface area (Å²) in [6, 6.07) is 11.3. The van der Waals surface area contributed by atoms with Crippen LogP contribution in [0, 0.1) is 0 Å². The van der Waals surface area contributed by atoms with Gasteiger partial charge in [0.05, 0.1) is 21.3 Å². The van der Waals surface area contributed by atoms with E-state index in [9.17, 15) is 9.59 Å². The van der Waals surface area contributed by atoms with E-state index in [2.05, 4.69) is 16.0 Å². The smallest absolute Gasteiger partial charge is 0.321 e. The van der Waals surface area contributed by atoms with Crippen molar-refractivity contribution in [3.63, 3.8) is 0 Å². The summed E-state index contributed by atoms with van der Waals surface area (Å²) in [5.41, 5.74) is 1.50. The molecule has 0 aliphatic heterocycles. The van der Waals surface area contributed by atoms with Gasteiger partial charge in [0.1, 0.15) is 11.8 Å². The Balaban J connectivity index is 2.28. The second kappa shape index (κ2) is 10.2. The molecule has 2 rings (SSSR count). The Hall–Kier alpha value is -3.26. The maximum atomic E-state index is 12.6. The van der Waals surface area contributed by atoms with Gasteiger partial charge in [0.25, 0.3) is 0 Å². The molecule has 8 nitrogen and oxygen atoms in total. The standard InChI is InChI=1S/C20H25N3O5/c1-21-20(25)23-19(24)18(13-8-6-5-7-9-13)22-12-14-10-16(27-3)17(28-4)11-15(14)26-2/h5-11,18,22H,12H2,1-4H3,(H2,21,23,24,25)/t18-/m0/s1. The van der Waals surface area contributed by atoms with E-state index in [0.717, 1.165) is 11.1 Å². The van der Waals surface area contributed by atoms with E-state index >= 15 is 0 Å². The van der Waals surface area contributed by atoms with Crippen LogP contribution in [0.25, 0.3) is 0 Å². The van der Waals surface area contributed by atoms with Crippen molar-refractivity contribution in [3.8, 4) is 17.2 Å². The SMILES string of the molecule is CNC(=O)NC(=O)[C@@H](NCc1cc(OC)c(OC)cc1OC)c1ccccc1. The molecule has 0 aromatic heterocycles. The van der Waals surface area contributed by atoms with E-state index in [1.807, 2.05) is 30.3 Å². The Labute approximate surface area is 164 Å². The van der Waals surface area contributed by atoms with Crippen LogP contribution in [0.2, 0.25) is 0 Å². The fourth-order valence-electron chi connectivity index (χ4n) is 2.70. The average molecular weight is 387 g/mol. The van der Waals surface area contributed by atoms with Crippen LogP contribution >= 0.6 is 0 Å². The molecule has 0 aliphatic carbocycles. The third kappa shape index (κ3) is 5.14.